The van der Waals surface area contributed by atoms with E-state index in [-0.39, 0.29) is 12.2 Å². The Labute approximate surface area is 218 Å². The minimum atomic E-state index is -0.650. The number of aromatic nitrogens is 1. The molecule has 0 spiro atoms. The van der Waals surface area contributed by atoms with Crippen molar-refractivity contribution in [1.82, 2.24) is 4.57 Å². The molecule has 4 heterocycles. The maximum Gasteiger partial charge on any atom is 0.338 e. The molecule has 4 aromatic rings. The van der Waals surface area contributed by atoms with Crippen molar-refractivity contribution in [3.63, 3.8) is 0 Å². The first-order chi connectivity index (χ1) is 16.5. The molecule has 1 aliphatic rings. The summed E-state index contributed by atoms with van der Waals surface area (Å²) in [4.78, 5) is 33.1. The Morgan fingerprint density at radius 2 is 2.03 bits per heavy atom. The van der Waals surface area contributed by atoms with E-state index in [9.17, 15) is 9.59 Å². The second kappa shape index (κ2) is 9.61. The number of thiophene rings is 1. The lowest BCUT2D eigenvalue weighted by Crippen LogP contribution is -2.39. The molecular formula is C24H16Br2N2O4S2. The van der Waals surface area contributed by atoms with Gasteiger partial charge in [0.15, 0.2) is 9.47 Å². The van der Waals surface area contributed by atoms with Gasteiger partial charge in [0.2, 0.25) is 0 Å². The van der Waals surface area contributed by atoms with E-state index < -0.39 is 12.0 Å². The fourth-order valence-corrected chi connectivity index (χ4v) is 6.13. The minimum Gasteiger partial charge on any atom is -0.463 e. The van der Waals surface area contributed by atoms with E-state index in [4.69, 9.17) is 14.1 Å². The van der Waals surface area contributed by atoms with Gasteiger partial charge >= 0.3 is 5.97 Å². The first-order valence-corrected chi connectivity index (χ1v) is 13.5. The molecule has 1 aromatic carbocycles. The molecule has 1 aliphatic heterocycles. The van der Waals surface area contributed by atoms with Crippen LogP contribution >= 0.6 is 54.5 Å². The van der Waals surface area contributed by atoms with E-state index in [1.165, 1.54) is 22.7 Å². The number of furan rings is 1. The molecule has 0 unspecified atom stereocenters. The zero-order chi connectivity index (χ0) is 23.8. The molecule has 3 aromatic heterocycles. The van der Waals surface area contributed by atoms with E-state index in [0.29, 0.717) is 31.0 Å². The van der Waals surface area contributed by atoms with Crippen LogP contribution in [0.25, 0.3) is 11.8 Å². The smallest absolute Gasteiger partial charge is 0.338 e. The summed E-state index contributed by atoms with van der Waals surface area (Å²) in [5.41, 5.74) is 1.38. The summed E-state index contributed by atoms with van der Waals surface area (Å²) in [6.07, 6.45) is 1.68. The van der Waals surface area contributed by atoms with Gasteiger partial charge in [0.05, 0.1) is 26.9 Å². The van der Waals surface area contributed by atoms with E-state index in [2.05, 4.69) is 31.9 Å². The van der Waals surface area contributed by atoms with Crippen LogP contribution in [0.5, 0.6) is 0 Å². The Bertz CT molecular complexity index is 1560. The number of fused-ring (bicyclic) bond motifs is 1. The maximum atomic E-state index is 13.6. The highest BCUT2D eigenvalue weighted by molar-refractivity contribution is 9.13. The van der Waals surface area contributed by atoms with Crippen LogP contribution in [0.2, 0.25) is 0 Å². The molecule has 0 radical (unpaired) electrons. The molecule has 0 bridgehead atoms. The van der Waals surface area contributed by atoms with Crippen molar-refractivity contribution in [2.75, 3.05) is 6.61 Å². The molecule has 1 atom stereocenters. The molecule has 172 valence electrons. The molecule has 0 saturated carbocycles. The zero-order valence-corrected chi connectivity index (χ0v) is 22.5. The van der Waals surface area contributed by atoms with Gasteiger partial charge in [-0.3, -0.25) is 9.36 Å². The highest BCUT2D eigenvalue weighted by Crippen LogP contribution is 2.36. The first-order valence-electron chi connectivity index (χ1n) is 10.2. The minimum absolute atomic E-state index is 0.217. The quantitative estimate of drug-likeness (QED) is 0.291. The van der Waals surface area contributed by atoms with Crippen molar-refractivity contribution in [2.24, 2.45) is 4.99 Å². The normalized spacial score (nSPS) is 15.9. The third-order valence-electron chi connectivity index (χ3n) is 5.12. The molecule has 0 amide bonds. The van der Waals surface area contributed by atoms with Gasteiger partial charge in [0, 0.05) is 16.5 Å². The van der Waals surface area contributed by atoms with E-state index >= 15 is 0 Å². The number of nitrogens with zero attached hydrogens (tertiary/aromatic N) is 2. The Balaban J connectivity index is 1.81. The fourth-order valence-electron chi connectivity index (χ4n) is 3.72. The summed E-state index contributed by atoms with van der Waals surface area (Å²) in [5.74, 6) is 0.0289. The predicted molar refractivity (Wildman–Crippen MR) is 139 cm³/mol. The third-order valence-corrected chi connectivity index (χ3v) is 8.74. The van der Waals surface area contributed by atoms with E-state index in [0.717, 1.165) is 14.9 Å². The zero-order valence-electron chi connectivity index (χ0n) is 17.7. The molecular weight excluding hydrogens is 604 g/mol. The van der Waals surface area contributed by atoms with Gasteiger partial charge in [-0.1, -0.05) is 47.7 Å². The fraction of sp³-hybridized carbons (Fsp3) is 0.125. The van der Waals surface area contributed by atoms with Gasteiger partial charge in [0.1, 0.15) is 11.8 Å². The number of thiazole rings is 1. The third kappa shape index (κ3) is 4.19. The average Bonchev–Trinajstić information content (AvgIpc) is 3.54. The van der Waals surface area contributed by atoms with Crippen molar-refractivity contribution in [3.8, 4) is 0 Å². The van der Waals surface area contributed by atoms with Crippen molar-refractivity contribution in [3.05, 3.63) is 105 Å². The first kappa shape index (κ1) is 23.2. The lowest BCUT2D eigenvalue weighted by atomic mass is 9.97. The van der Waals surface area contributed by atoms with Crippen LogP contribution in [-0.2, 0) is 9.53 Å². The number of ether oxygens (including phenoxy) is 1. The highest BCUT2D eigenvalue weighted by atomic mass is 79.9. The van der Waals surface area contributed by atoms with E-state index in [1.54, 1.807) is 23.6 Å². The van der Waals surface area contributed by atoms with Crippen molar-refractivity contribution in [2.45, 2.75) is 13.0 Å². The van der Waals surface area contributed by atoms with Crippen LogP contribution in [0, 0.1) is 0 Å². The van der Waals surface area contributed by atoms with Crippen LogP contribution in [0.4, 0.5) is 0 Å². The van der Waals surface area contributed by atoms with Crippen LogP contribution in [0.1, 0.15) is 29.2 Å². The summed E-state index contributed by atoms with van der Waals surface area (Å²) in [5, 5.41) is 1.92. The van der Waals surface area contributed by atoms with Gasteiger partial charge in [-0.05, 0) is 56.3 Å². The Kier molecular flexibility index (Phi) is 6.57. The van der Waals surface area contributed by atoms with Crippen LogP contribution in [0.3, 0.4) is 0 Å². The molecule has 0 fully saturated rings. The summed E-state index contributed by atoms with van der Waals surface area (Å²) in [6, 6.07) is 14.4. The second-order valence-electron chi connectivity index (χ2n) is 7.22. The predicted octanol–water partition coefficient (Wildman–Crippen LogP) is 5.12. The molecule has 34 heavy (non-hydrogen) atoms. The number of halogens is 2. The monoisotopic (exact) mass is 618 g/mol. The second-order valence-corrected chi connectivity index (χ2v) is 10.8. The number of esters is 1. The highest BCUT2D eigenvalue weighted by Gasteiger charge is 2.35. The molecule has 0 N–H and O–H groups in total. The molecule has 5 rings (SSSR count). The maximum absolute atomic E-state index is 13.6. The summed E-state index contributed by atoms with van der Waals surface area (Å²) in [6.45, 7) is 1.98. The van der Waals surface area contributed by atoms with Crippen LogP contribution in [-0.4, -0.2) is 17.1 Å². The molecule has 6 nitrogen and oxygen atoms in total. The lowest BCUT2D eigenvalue weighted by Gasteiger charge is -2.24. The van der Waals surface area contributed by atoms with Gasteiger partial charge in [-0.2, -0.15) is 0 Å². The van der Waals surface area contributed by atoms with Gasteiger partial charge in [-0.15, -0.1) is 11.3 Å². The molecule has 10 heteroatoms. The standard InChI is InChI=1S/C24H16Br2N2O4S2/c1-2-31-23(30)18-19(13-7-4-3-5-8-13)27-24-28(20(18)16-9-6-10-33-16)22(29)17(34-24)12-14-11-15(25)21(26)32-14/h3-12,20H,2H2,1H3/b17-12+/t20-/m1/s1. The van der Waals surface area contributed by atoms with E-state index in [1.807, 2.05) is 47.8 Å². The van der Waals surface area contributed by atoms with Crippen LogP contribution < -0.4 is 14.9 Å². The van der Waals surface area contributed by atoms with Gasteiger partial charge in [0.25, 0.3) is 5.56 Å². The van der Waals surface area contributed by atoms with Gasteiger partial charge < -0.3 is 9.15 Å². The van der Waals surface area contributed by atoms with Gasteiger partial charge in [-0.25, -0.2) is 9.79 Å². The SMILES string of the molecule is CCOC(=O)C1=C(c2ccccc2)N=c2s/c(=C/c3cc(Br)c(Br)o3)c(=O)n2[C@@H]1c1cccs1. The Morgan fingerprint density at radius 1 is 1.24 bits per heavy atom. The summed E-state index contributed by atoms with van der Waals surface area (Å²) in [7, 11) is 0. The molecule has 0 saturated heterocycles. The number of benzene rings is 1. The molecule has 0 aliphatic carbocycles. The lowest BCUT2D eigenvalue weighted by molar-refractivity contribution is -0.138. The van der Waals surface area contributed by atoms with Crippen LogP contribution in [0.15, 0.2) is 82.8 Å². The number of carbonyl (C=O) groups is 1. The summed E-state index contributed by atoms with van der Waals surface area (Å²) >= 11 is 9.45. The van der Waals surface area contributed by atoms with Crippen molar-refractivity contribution >= 4 is 72.3 Å². The number of carbonyl (C=O) groups excluding carboxylic acids is 1. The van der Waals surface area contributed by atoms with Crippen molar-refractivity contribution in [1.29, 1.82) is 0 Å². The number of rotatable bonds is 5. The average molecular weight is 620 g/mol. The van der Waals surface area contributed by atoms with Crippen molar-refractivity contribution < 1.29 is 13.9 Å². The Morgan fingerprint density at radius 3 is 2.68 bits per heavy atom. The Hall–Kier alpha value is -2.53. The summed E-state index contributed by atoms with van der Waals surface area (Å²) < 4.78 is 14.4. The topological polar surface area (TPSA) is 73.8 Å². The largest absolute Gasteiger partial charge is 0.463 e. The number of hydrogen-bond donors (Lipinski definition) is 0. The number of hydrogen-bond acceptors (Lipinski definition) is 7.